The molecule has 0 saturated heterocycles. The van der Waals surface area contributed by atoms with Crippen LogP contribution in [0.1, 0.15) is 30.1 Å². The predicted molar refractivity (Wildman–Crippen MR) is 61.4 cm³/mol. The maximum atomic E-state index is 7.34. The maximum Gasteiger partial charge on any atom is 0.141 e. The zero-order valence-electron chi connectivity index (χ0n) is 8.94. The van der Waals surface area contributed by atoms with Crippen LogP contribution in [0.3, 0.4) is 0 Å². The molecule has 0 spiro atoms. The number of aromatic amines is 1. The predicted octanol–water partition coefficient (Wildman–Crippen LogP) is 1.24. The molecule has 82 valence electrons. The van der Waals surface area contributed by atoms with Gasteiger partial charge in [0.25, 0.3) is 0 Å². The summed E-state index contributed by atoms with van der Waals surface area (Å²) in [4.78, 5) is 11.6. The summed E-state index contributed by atoms with van der Waals surface area (Å²) in [6, 6.07) is 5.47. The van der Waals surface area contributed by atoms with E-state index in [1.165, 1.54) is 0 Å². The average Bonchev–Trinajstić information content (AvgIpc) is 2.81. The van der Waals surface area contributed by atoms with Gasteiger partial charge in [0.05, 0.1) is 11.6 Å². The quantitative estimate of drug-likeness (QED) is 0.531. The second kappa shape index (κ2) is 4.14. The van der Waals surface area contributed by atoms with Crippen molar-refractivity contribution in [3.8, 4) is 0 Å². The lowest BCUT2D eigenvalue weighted by Crippen LogP contribution is -2.14. The van der Waals surface area contributed by atoms with Crippen LogP contribution >= 0.6 is 0 Å². The summed E-state index contributed by atoms with van der Waals surface area (Å²) < 4.78 is 0. The normalized spacial score (nSPS) is 12.3. The van der Waals surface area contributed by atoms with Crippen LogP contribution in [-0.2, 0) is 0 Å². The van der Waals surface area contributed by atoms with E-state index >= 15 is 0 Å². The second-order valence-corrected chi connectivity index (χ2v) is 3.56. The minimum Gasteiger partial charge on any atom is -0.382 e. The highest BCUT2D eigenvalue weighted by atomic mass is 14.9. The van der Waals surface area contributed by atoms with Gasteiger partial charge in [0.1, 0.15) is 17.4 Å². The van der Waals surface area contributed by atoms with Gasteiger partial charge < -0.3 is 10.7 Å². The molecule has 5 heteroatoms. The number of nitrogens with zero attached hydrogens (tertiary/aromatic N) is 2. The highest BCUT2D eigenvalue weighted by molar-refractivity contribution is 5.92. The Morgan fingerprint density at radius 2 is 2.31 bits per heavy atom. The molecule has 2 aromatic rings. The average molecular weight is 215 g/mol. The van der Waals surface area contributed by atoms with E-state index < -0.39 is 0 Å². The molecular formula is C11H13N5. The molecule has 2 heterocycles. The van der Waals surface area contributed by atoms with Crippen LogP contribution in [0.5, 0.6) is 0 Å². The molecule has 5 nitrogen and oxygen atoms in total. The van der Waals surface area contributed by atoms with Crippen molar-refractivity contribution in [2.24, 2.45) is 5.73 Å². The summed E-state index contributed by atoms with van der Waals surface area (Å²) >= 11 is 0. The van der Waals surface area contributed by atoms with Gasteiger partial charge in [0, 0.05) is 12.4 Å². The van der Waals surface area contributed by atoms with Crippen LogP contribution in [-0.4, -0.2) is 20.8 Å². The third kappa shape index (κ3) is 1.93. The van der Waals surface area contributed by atoms with Crippen molar-refractivity contribution in [1.29, 1.82) is 5.41 Å². The van der Waals surface area contributed by atoms with Crippen molar-refractivity contribution in [2.45, 2.75) is 12.8 Å². The Hall–Kier alpha value is -2.17. The summed E-state index contributed by atoms with van der Waals surface area (Å²) in [6.07, 6.45) is 3.49. The molecular weight excluding hydrogens is 202 g/mol. The van der Waals surface area contributed by atoms with E-state index in [2.05, 4.69) is 15.0 Å². The molecule has 0 aliphatic carbocycles. The lowest BCUT2D eigenvalue weighted by atomic mass is 10.1. The highest BCUT2D eigenvalue weighted by Crippen LogP contribution is 2.18. The molecule has 0 fully saturated rings. The zero-order valence-corrected chi connectivity index (χ0v) is 8.94. The van der Waals surface area contributed by atoms with E-state index in [1.807, 2.05) is 19.1 Å². The van der Waals surface area contributed by atoms with Crippen molar-refractivity contribution >= 4 is 5.84 Å². The zero-order chi connectivity index (χ0) is 11.5. The van der Waals surface area contributed by atoms with Gasteiger partial charge in [-0.25, -0.2) is 9.97 Å². The number of nitrogens with two attached hydrogens (primary N) is 1. The van der Waals surface area contributed by atoms with Crippen molar-refractivity contribution in [3.63, 3.8) is 0 Å². The first-order valence-electron chi connectivity index (χ1n) is 4.99. The molecule has 1 unspecified atom stereocenters. The number of hydrogen-bond acceptors (Lipinski definition) is 3. The SMILES string of the molecule is CC(c1cccc(C(=N)N)n1)c1ncc[nH]1. The molecule has 0 radical (unpaired) electrons. The standard InChI is InChI=1S/C11H13N5/c1-7(11-14-5-6-15-11)8-3-2-4-9(16-8)10(12)13/h2-7H,1H3,(H3,12,13)(H,14,15). The fraction of sp³-hybridized carbons (Fsp3) is 0.182. The third-order valence-electron chi connectivity index (χ3n) is 2.42. The molecule has 0 bridgehead atoms. The number of nitrogen functional groups attached to an aromatic ring is 1. The van der Waals surface area contributed by atoms with Gasteiger partial charge in [-0.3, -0.25) is 5.41 Å². The van der Waals surface area contributed by atoms with E-state index in [9.17, 15) is 0 Å². The van der Waals surface area contributed by atoms with Gasteiger partial charge in [0.15, 0.2) is 0 Å². The van der Waals surface area contributed by atoms with Crippen LogP contribution in [0.25, 0.3) is 0 Å². The number of rotatable bonds is 3. The molecule has 2 aromatic heterocycles. The highest BCUT2D eigenvalue weighted by Gasteiger charge is 2.12. The van der Waals surface area contributed by atoms with E-state index in [1.54, 1.807) is 18.5 Å². The van der Waals surface area contributed by atoms with Crippen LogP contribution in [0, 0.1) is 5.41 Å². The van der Waals surface area contributed by atoms with Gasteiger partial charge in [-0.15, -0.1) is 0 Å². The first-order chi connectivity index (χ1) is 7.68. The van der Waals surface area contributed by atoms with Gasteiger partial charge in [-0.1, -0.05) is 6.07 Å². The fourth-order valence-corrected chi connectivity index (χ4v) is 1.50. The Kier molecular flexibility index (Phi) is 2.68. The Bertz CT molecular complexity index is 489. The van der Waals surface area contributed by atoms with Crippen LogP contribution in [0.2, 0.25) is 0 Å². The molecule has 0 aliphatic rings. The van der Waals surface area contributed by atoms with Gasteiger partial charge in [-0.2, -0.15) is 0 Å². The second-order valence-electron chi connectivity index (χ2n) is 3.56. The Morgan fingerprint density at radius 3 is 2.94 bits per heavy atom. The van der Waals surface area contributed by atoms with Crippen LogP contribution in [0.4, 0.5) is 0 Å². The van der Waals surface area contributed by atoms with Crippen LogP contribution < -0.4 is 5.73 Å². The minimum atomic E-state index is -0.0199. The van der Waals surface area contributed by atoms with Crippen molar-refractivity contribution in [1.82, 2.24) is 15.0 Å². The van der Waals surface area contributed by atoms with E-state index in [4.69, 9.17) is 11.1 Å². The lowest BCUT2D eigenvalue weighted by molar-refractivity contribution is 0.804. The molecule has 1 atom stereocenters. The smallest absolute Gasteiger partial charge is 0.141 e. The maximum absolute atomic E-state index is 7.34. The van der Waals surface area contributed by atoms with Gasteiger partial charge in [-0.05, 0) is 19.1 Å². The van der Waals surface area contributed by atoms with E-state index in [0.29, 0.717) is 5.69 Å². The summed E-state index contributed by atoms with van der Waals surface area (Å²) in [5.41, 5.74) is 6.74. The first kappa shape index (κ1) is 10.4. The molecule has 16 heavy (non-hydrogen) atoms. The Labute approximate surface area is 93.3 Å². The summed E-state index contributed by atoms with van der Waals surface area (Å²) in [5, 5.41) is 7.34. The molecule has 0 aromatic carbocycles. The topological polar surface area (TPSA) is 91.4 Å². The largest absolute Gasteiger partial charge is 0.382 e. The minimum absolute atomic E-state index is 0.0199. The number of hydrogen-bond donors (Lipinski definition) is 3. The first-order valence-corrected chi connectivity index (χ1v) is 4.99. The van der Waals surface area contributed by atoms with Gasteiger partial charge in [0.2, 0.25) is 0 Å². The molecule has 2 rings (SSSR count). The van der Waals surface area contributed by atoms with Crippen LogP contribution in [0.15, 0.2) is 30.6 Å². The monoisotopic (exact) mass is 215 g/mol. The third-order valence-corrected chi connectivity index (χ3v) is 2.42. The van der Waals surface area contributed by atoms with E-state index in [0.717, 1.165) is 11.5 Å². The number of nitrogens with one attached hydrogen (secondary N) is 2. The number of pyridine rings is 1. The molecule has 0 saturated carbocycles. The molecule has 0 amide bonds. The van der Waals surface area contributed by atoms with Crippen molar-refractivity contribution in [3.05, 3.63) is 47.8 Å². The van der Waals surface area contributed by atoms with Crippen molar-refractivity contribution < 1.29 is 0 Å². The number of amidine groups is 1. The number of aromatic nitrogens is 3. The van der Waals surface area contributed by atoms with Crippen molar-refractivity contribution in [2.75, 3.05) is 0 Å². The van der Waals surface area contributed by atoms with Gasteiger partial charge >= 0.3 is 0 Å². The Morgan fingerprint density at radius 1 is 1.50 bits per heavy atom. The number of H-pyrrole nitrogens is 1. The summed E-state index contributed by atoms with van der Waals surface area (Å²) in [6.45, 7) is 2.01. The van der Waals surface area contributed by atoms with E-state index in [-0.39, 0.29) is 11.8 Å². The Balaban J connectivity index is 2.34. The summed E-state index contributed by atoms with van der Waals surface area (Å²) in [7, 11) is 0. The summed E-state index contributed by atoms with van der Waals surface area (Å²) in [5.74, 6) is 0.899. The number of imidazole rings is 1. The molecule has 0 aliphatic heterocycles. The lowest BCUT2D eigenvalue weighted by Gasteiger charge is -2.09. The molecule has 4 N–H and O–H groups in total. The fourth-order valence-electron chi connectivity index (χ4n) is 1.50.